The molecule has 0 radical (unpaired) electrons. The van der Waals surface area contributed by atoms with Gasteiger partial charge in [-0.15, -0.1) is 0 Å². The normalized spacial score (nSPS) is 11.8. The Morgan fingerprint density at radius 1 is 1.09 bits per heavy atom. The third-order valence-corrected chi connectivity index (χ3v) is 6.74. The fourth-order valence-electron chi connectivity index (χ4n) is 3.14. The van der Waals surface area contributed by atoms with E-state index >= 15 is 0 Å². The lowest BCUT2D eigenvalue weighted by molar-refractivity contribution is 0.461. The molecule has 0 atom stereocenters. The van der Waals surface area contributed by atoms with E-state index in [-0.39, 0.29) is 16.3 Å². The fourth-order valence-corrected chi connectivity index (χ4v) is 4.40. The molecule has 2 aromatic heterocycles. The van der Waals surface area contributed by atoms with E-state index in [4.69, 9.17) is 16.3 Å². The van der Waals surface area contributed by atoms with Crippen LogP contribution >= 0.6 is 11.6 Å². The molecule has 0 aliphatic rings. The number of nitriles is 1. The van der Waals surface area contributed by atoms with Gasteiger partial charge in [-0.25, -0.2) is 8.42 Å². The van der Waals surface area contributed by atoms with Crippen molar-refractivity contribution in [3.05, 3.63) is 104 Å². The molecule has 164 valence electrons. The zero-order valence-corrected chi connectivity index (χ0v) is 18.8. The Labute approximate surface area is 194 Å². The average molecular weight is 478 g/mol. The molecule has 0 saturated heterocycles. The van der Waals surface area contributed by atoms with Gasteiger partial charge in [0, 0.05) is 11.2 Å². The maximum absolute atomic E-state index is 13.3. The van der Waals surface area contributed by atoms with Crippen molar-refractivity contribution in [2.45, 2.75) is 11.8 Å². The third-order valence-electron chi connectivity index (χ3n) is 4.81. The quantitative estimate of drug-likeness (QED) is 0.383. The molecule has 33 heavy (non-hydrogen) atoms. The maximum atomic E-state index is 13.3. The Balaban J connectivity index is 1.96. The van der Waals surface area contributed by atoms with Crippen molar-refractivity contribution in [2.24, 2.45) is 0 Å². The van der Waals surface area contributed by atoms with Gasteiger partial charge in [-0.1, -0.05) is 35.9 Å². The number of hydrogen-bond acceptors (Lipinski definition) is 6. The topological polar surface area (TPSA) is 102 Å². The van der Waals surface area contributed by atoms with Gasteiger partial charge in [0.25, 0.3) is 5.56 Å². The molecule has 0 spiro atoms. The number of sulfone groups is 1. The number of rotatable bonds is 5. The molecule has 0 aliphatic heterocycles. The highest BCUT2D eigenvalue weighted by Gasteiger charge is 2.24. The molecule has 7 nitrogen and oxygen atoms in total. The van der Waals surface area contributed by atoms with Gasteiger partial charge in [-0.05, 0) is 61.0 Å². The van der Waals surface area contributed by atoms with Crippen molar-refractivity contribution in [1.29, 1.82) is 5.26 Å². The number of hydrogen-bond donors (Lipinski definition) is 0. The Hall–Kier alpha value is -3.93. The first-order chi connectivity index (χ1) is 15.8. The van der Waals surface area contributed by atoms with Crippen LogP contribution in [0.5, 0.6) is 11.6 Å². The van der Waals surface area contributed by atoms with Crippen molar-refractivity contribution in [3.8, 4) is 17.7 Å². The fraction of sp³-hybridized carbons (Fsp3) is 0.0417. The third kappa shape index (κ3) is 4.37. The number of aromatic nitrogens is 2. The second-order valence-corrected chi connectivity index (χ2v) is 9.37. The molecule has 0 bridgehead atoms. The van der Waals surface area contributed by atoms with Crippen LogP contribution in [0.2, 0.25) is 5.02 Å². The molecule has 0 saturated carbocycles. The molecule has 4 rings (SSSR count). The average Bonchev–Trinajstić information content (AvgIpc) is 2.80. The molecule has 0 unspecified atom stereocenters. The van der Waals surface area contributed by atoms with E-state index in [1.165, 1.54) is 34.9 Å². The van der Waals surface area contributed by atoms with Crippen LogP contribution in [-0.4, -0.2) is 17.8 Å². The first kappa shape index (κ1) is 22.3. The van der Waals surface area contributed by atoms with Crippen molar-refractivity contribution in [3.63, 3.8) is 0 Å². The minimum Gasteiger partial charge on any atom is -0.438 e. The largest absolute Gasteiger partial charge is 0.438 e. The summed E-state index contributed by atoms with van der Waals surface area (Å²) < 4.78 is 33.3. The van der Waals surface area contributed by atoms with Crippen molar-refractivity contribution in [1.82, 2.24) is 9.38 Å². The molecule has 0 fully saturated rings. The Kier molecular flexibility index (Phi) is 6.01. The van der Waals surface area contributed by atoms with Crippen LogP contribution in [0, 0.1) is 18.3 Å². The number of aryl methyl sites for hydroxylation is 1. The van der Waals surface area contributed by atoms with Gasteiger partial charge in [-0.2, -0.15) is 10.2 Å². The van der Waals surface area contributed by atoms with E-state index in [0.717, 1.165) is 11.6 Å². The Bertz CT molecular complexity index is 1590. The Morgan fingerprint density at radius 3 is 2.45 bits per heavy atom. The number of fused-ring (bicyclic) bond motifs is 1. The van der Waals surface area contributed by atoms with Crippen LogP contribution in [0.15, 0.2) is 87.5 Å². The number of benzene rings is 2. The first-order valence-corrected chi connectivity index (χ1v) is 11.5. The molecular weight excluding hydrogens is 462 g/mol. The summed E-state index contributed by atoms with van der Waals surface area (Å²) in [6.45, 7) is 1.79. The number of nitrogens with zero attached hydrogens (tertiary/aromatic N) is 3. The number of ether oxygens (including phenoxy) is 1. The van der Waals surface area contributed by atoms with Crippen molar-refractivity contribution in [2.75, 3.05) is 0 Å². The summed E-state index contributed by atoms with van der Waals surface area (Å²) in [5.74, 6) is 0.288. The van der Waals surface area contributed by atoms with Crippen LogP contribution in [0.4, 0.5) is 0 Å². The highest BCUT2D eigenvalue weighted by molar-refractivity contribution is 7.95. The van der Waals surface area contributed by atoms with Gasteiger partial charge in [0.15, 0.2) is 0 Å². The predicted octanol–water partition coefficient (Wildman–Crippen LogP) is 4.79. The van der Waals surface area contributed by atoms with E-state index in [1.54, 1.807) is 55.5 Å². The van der Waals surface area contributed by atoms with Crippen LogP contribution in [-0.2, 0) is 9.84 Å². The molecule has 0 amide bonds. The molecule has 2 aromatic carbocycles. The van der Waals surface area contributed by atoms with Gasteiger partial charge in [0.1, 0.15) is 27.9 Å². The monoisotopic (exact) mass is 477 g/mol. The Morgan fingerprint density at radius 2 is 1.79 bits per heavy atom. The lowest BCUT2D eigenvalue weighted by Gasteiger charge is -2.11. The standard InChI is InChI=1S/C24H16ClN3O4S/c1-16-6-5-13-28-22(16)27-23(32-18-7-3-2-4-8-18)21(24(28)29)14-20(15-26)33(30,31)19-11-9-17(25)10-12-19/h2-14H,1H3/b20-14-. The second kappa shape index (κ2) is 8.90. The molecule has 2 heterocycles. The SMILES string of the molecule is Cc1cccn2c(=O)c(/C=C(/C#N)S(=O)(=O)c3ccc(Cl)cc3)c(Oc3ccccc3)nc12. The van der Waals surface area contributed by atoms with Crippen LogP contribution < -0.4 is 10.3 Å². The number of halogens is 1. The summed E-state index contributed by atoms with van der Waals surface area (Å²) in [6.07, 6.45) is 2.51. The second-order valence-electron chi connectivity index (χ2n) is 7.01. The van der Waals surface area contributed by atoms with E-state index in [2.05, 4.69) is 4.98 Å². The van der Waals surface area contributed by atoms with Crippen LogP contribution in [0.25, 0.3) is 11.7 Å². The van der Waals surface area contributed by atoms with Crippen LogP contribution in [0.3, 0.4) is 0 Å². The first-order valence-electron chi connectivity index (χ1n) is 9.68. The smallest absolute Gasteiger partial charge is 0.269 e. The highest BCUT2D eigenvalue weighted by atomic mass is 35.5. The van der Waals surface area contributed by atoms with E-state index < -0.39 is 20.3 Å². The van der Waals surface area contributed by atoms with Crippen molar-refractivity contribution < 1.29 is 13.2 Å². The lowest BCUT2D eigenvalue weighted by Crippen LogP contribution is -2.20. The van der Waals surface area contributed by atoms with E-state index in [0.29, 0.717) is 16.4 Å². The highest BCUT2D eigenvalue weighted by Crippen LogP contribution is 2.27. The maximum Gasteiger partial charge on any atom is 0.269 e. The lowest BCUT2D eigenvalue weighted by atomic mass is 10.2. The molecule has 4 aromatic rings. The van der Waals surface area contributed by atoms with Crippen LogP contribution in [0.1, 0.15) is 11.1 Å². The zero-order chi connectivity index (χ0) is 23.6. The van der Waals surface area contributed by atoms with Gasteiger partial charge in [0.05, 0.1) is 4.90 Å². The number of para-hydroxylation sites is 1. The summed E-state index contributed by atoms with van der Waals surface area (Å²) in [4.78, 5) is 17.0. The zero-order valence-electron chi connectivity index (χ0n) is 17.3. The van der Waals surface area contributed by atoms with Gasteiger partial charge < -0.3 is 4.74 Å². The predicted molar refractivity (Wildman–Crippen MR) is 125 cm³/mol. The van der Waals surface area contributed by atoms with Gasteiger partial charge in [0.2, 0.25) is 15.7 Å². The molecule has 9 heteroatoms. The summed E-state index contributed by atoms with van der Waals surface area (Å²) in [5, 5.41) is 10.0. The van der Waals surface area contributed by atoms with E-state index in [9.17, 15) is 18.5 Å². The molecular formula is C24H16ClN3O4S. The summed E-state index contributed by atoms with van der Waals surface area (Å²) in [7, 11) is -4.22. The van der Waals surface area contributed by atoms with Gasteiger partial charge >= 0.3 is 0 Å². The molecule has 0 aliphatic carbocycles. The summed E-state index contributed by atoms with van der Waals surface area (Å²) in [6, 6.07) is 19.2. The number of pyridine rings is 1. The van der Waals surface area contributed by atoms with Crippen molar-refractivity contribution >= 4 is 33.2 Å². The van der Waals surface area contributed by atoms with E-state index in [1.807, 2.05) is 0 Å². The summed E-state index contributed by atoms with van der Waals surface area (Å²) >= 11 is 5.85. The molecule has 0 N–H and O–H groups in total. The minimum atomic E-state index is -4.22. The number of allylic oxidation sites excluding steroid dienone is 1. The minimum absolute atomic E-state index is 0.112. The van der Waals surface area contributed by atoms with Gasteiger partial charge in [-0.3, -0.25) is 9.20 Å². The summed E-state index contributed by atoms with van der Waals surface area (Å²) in [5.41, 5.74) is 0.326.